The van der Waals surface area contributed by atoms with Crippen LogP contribution in [0.3, 0.4) is 0 Å². The third-order valence-electron chi connectivity index (χ3n) is 2.28. The zero-order valence-corrected chi connectivity index (χ0v) is 12.6. The monoisotopic (exact) mass is 292 g/mol. The Morgan fingerprint density at radius 2 is 1.56 bits per heavy atom. The summed E-state index contributed by atoms with van der Waals surface area (Å²) in [6.45, 7) is 6.98. The van der Waals surface area contributed by atoms with E-state index in [1.54, 1.807) is 6.07 Å². The molecule has 1 aromatic carbocycles. The van der Waals surface area contributed by atoms with Crippen LogP contribution in [0.25, 0.3) is 0 Å². The van der Waals surface area contributed by atoms with Gasteiger partial charge in [-0.15, -0.1) is 0 Å². The molecule has 0 N–H and O–H groups in total. The van der Waals surface area contributed by atoms with Gasteiger partial charge < -0.3 is 13.3 Å². The summed E-state index contributed by atoms with van der Waals surface area (Å²) in [5.41, 5.74) is 0. The van der Waals surface area contributed by atoms with Crippen LogP contribution in [0.1, 0.15) is 20.8 Å². The third kappa shape index (κ3) is 3.52. The van der Waals surface area contributed by atoms with Gasteiger partial charge in [0.05, 0.1) is 5.02 Å². The highest BCUT2D eigenvalue weighted by Crippen LogP contribution is 2.17. The van der Waals surface area contributed by atoms with Gasteiger partial charge in [-0.1, -0.05) is 17.7 Å². The van der Waals surface area contributed by atoms with Crippen molar-refractivity contribution in [2.75, 3.05) is 19.8 Å². The van der Waals surface area contributed by atoms with E-state index in [9.17, 15) is 4.39 Å². The second kappa shape index (κ2) is 7.21. The minimum absolute atomic E-state index is 0.0449. The second-order valence-corrected chi connectivity index (χ2v) is 6.45. The van der Waals surface area contributed by atoms with Crippen molar-refractivity contribution >= 4 is 25.6 Å². The lowest BCUT2D eigenvalue weighted by molar-refractivity contribution is 0.0859. The summed E-state index contributed by atoms with van der Waals surface area (Å²) in [4.78, 5) is 0. The maximum Gasteiger partial charge on any atom is 0.537 e. The minimum atomic E-state index is -2.98. The first-order chi connectivity index (χ1) is 8.59. The first-order valence-electron chi connectivity index (χ1n) is 5.97. The van der Waals surface area contributed by atoms with Gasteiger partial charge in [-0.05, 0) is 32.9 Å². The van der Waals surface area contributed by atoms with E-state index in [1.807, 2.05) is 20.8 Å². The van der Waals surface area contributed by atoms with Gasteiger partial charge in [0.2, 0.25) is 0 Å². The van der Waals surface area contributed by atoms with E-state index in [-0.39, 0.29) is 5.02 Å². The van der Waals surface area contributed by atoms with E-state index in [1.165, 1.54) is 12.1 Å². The SMILES string of the molecule is CCO[Si](OCC)(OCC)c1ccc(F)c(Cl)c1. The fourth-order valence-electron chi connectivity index (χ4n) is 1.63. The first kappa shape index (κ1) is 15.6. The average molecular weight is 293 g/mol. The van der Waals surface area contributed by atoms with Crippen molar-refractivity contribution in [3.8, 4) is 0 Å². The summed E-state index contributed by atoms with van der Waals surface area (Å²) in [5.74, 6) is -0.465. The Morgan fingerprint density at radius 1 is 1.06 bits per heavy atom. The van der Waals surface area contributed by atoms with E-state index in [0.717, 1.165) is 0 Å². The molecule has 6 heteroatoms. The van der Waals surface area contributed by atoms with Crippen molar-refractivity contribution in [1.82, 2.24) is 0 Å². The topological polar surface area (TPSA) is 27.7 Å². The molecule has 102 valence electrons. The minimum Gasteiger partial charge on any atom is -0.370 e. The molecule has 0 saturated carbocycles. The van der Waals surface area contributed by atoms with Crippen LogP contribution in [-0.2, 0) is 13.3 Å². The van der Waals surface area contributed by atoms with Crippen molar-refractivity contribution in [2.24, 2.45) is 0 Å². The molecule has 0 radical (unpaired) electrons. The first-order valence-corrected chi connectivity index (χ1v) is 8.07. The maximum absolute atomic E-state index is 13.2. The molecule has 0 aromatic heterocycles. The molecule has 0 unspecified atom stereocenters. The Bertz CT molecular complexity index is 373. The lowest BCUT2D eigenvalue weighted by Gasteiger charge is -2.28. The number of hydrogen-bond acceptors (Lipinski definition) is 3. The molecular weight excluding hydrogens is 275 g/mol. The summed E-state index contributed by atoms with van der Waals surface area (Å²) in [6, 6.07) is 4.43. The molecule has 0 atom stereocenters. The van der Waals surface area contributed by atoms with Crippen molar-refractivity contribution in [1.29, 1.82) is 0 Å². The van der Waals surface area contributed by atoms with Crippen LogP contribution in [0, 0.1) is 5.82 Å². The number of rotatable bonds is 7. The third-order valence-corrected chi connectivity index (χ3v) is 5.59. The highest BCUT2D eigenvalue weighted by atomic mass is 35.5. The maximum atomic E-state index is 13.2. The Hall–Kier alpha value is -0.463. The van der Waals surface area contributed by atoms with Crippen LogP contribution in [0.15, 0.2) is 18.2 Å². The average Bonchev–Trinajstić information content (AvgIpc) is 2.33. The van der Waals surface area contributed by atoms with E-state index in [4.69, 9.17) is 24.9 Å². The Morgan fingerprint density at radius 3 is 1.94 bits per heavy atom. The van der Waals surface area contributed by atoms with Crippen molar-refractivity contribution in [3.63, 3.8) is 0 Å². The standard InChI is InChI=1S/C12H18ClFO3Si/c1-4-15-18(16-5-2,17-6-3)10-7-8-12(14)11(13)9-10/h7-9H,4-6H2,1-3H3. The smallest absolute Gasteiger partial charge is 0.370 e. The van der Waals surface area contributed by atoms with Crippen LogP contribution in [0.2, 0.25) is 5.02 Å². The summed E-state index contributed by atoms with van der Waals surface area (Å²) in [6.07, 6.45) is 0. The van der Waals surface area contributed by atoms with E-state index >= 15 is 0 Å². The van der Waals surface area contributed by atoms with Crippen LogP contribution in [0.5, 0.6) is 0 Å². The molecular formula is C12H18ClFO3Si. The molecule has 0 aliphatic heterocycles. The van der Waals surface area contributed by atoms with E-state index in [2.05, 4.69) is 0 Å². The zero-order valence-electron chi connectivity index (χ0n) is 10.8. The largest absolute Gasteiger partial charge is 0.537 e. The molecule has 0 saturated heterocycles. The van der Waals surface area contributed by atoms with Crippen LogP contribution < -0.4 is 5.19 Å². The second-order valence-electron chi connectivity index (χ2n) is 3.48. The molecule has 0 fully saturated rings. The fraction of sp³-hybridized carbons (Fsp3) is 0.500. The fourth-order valence-corrected chi connectivity index (χ4v) is 4.40. The van der Waals surface area contributed by atoms with Gasteiger partial charge in [-0.25, -0.2) is 4.39 Å². The predicted molar refractivity (Wildman–Crippen MR) is 71.7 cm³/mol. The number of hydrogen-bond donors (Lipinski definition) is 0. The number of halogens is 2. The molecule has 0 amide bonds. The highest BCUT2D eigenvalue weighted by Gasteiger charge is 2.43. The normalized spacial score (nSPS) is 11.8. The lowest BCUT2D eigenvalue weighted by Crippen LogP contribution is -2.56. The molecule has 0 aliphatic rings. The van der Waals surface area contributed by atoms with Gasteiger partial charge in [0.1, 0.15) is 5.82 Å². The molecule has 0 bridgehead atoms. The van der Waals surface area contributed by atoms with Gasteiger partial charge in [-0.3, -0.25) is 0 Å². The van der Waals surface area contributed by atoms with Gasteiger partial charge in [-0.2, -0.15) is 0 Å². The van der Waals surface area contributed by atoms with Crippen molar-refractivity contribution in [2.45, 2.75) is 20.8 Å². The Balaban J connectivity index is 3.16. The Kier molecular flexibility index (Phi) is 6.24. The quantitative estimate of drug-likeness (QED) is 0.723. The summed E-state index contributed by atoms with van der Waals surface area (Å²) in [7, 11) is -2.98. The highest BCUT2D eigenvalue weighted by molar-refractivity contribution is 6.75. The molecule has 18 heavy (non-hydrogen) atoms. The Labute approximate surface area is 113 Å². The lowest BCUT2D eigenvalue weighted by atomic mass is 10.3. The molecule has 0 heterocycles. The molecule has 0 spiro atoms. The summed E-state index contributed by atoms with van der Waals surface area (Å²) >= 11 is 5.80. The van der Waals surface area contributed by atoms with E-state index < -0.39 is 14.6 Å². The van der Waals surface area contributed by atoms with Crippen molar-refractivity contribution < 1.29 is 17.7 Å². The summed E-state index contributed by atoms with van der Waals surface area (Å²) < 4.78 is 30.3. The summed E-state index contributed by atoms with van der Waals surface area (Å²) in [5, 5.41) is 0.725. The van der Waals surface area contributed by atoms with Gasteiger partial charge >= 0.3 is 8.80 Å². The van der Waals surface area contributed by atoms with Crippen LogP contribution in [0.4, 0.5) is 4.39 Å². The predicted octanol–water partition coefficient (Wildman–Crippen LogP) is 2.73. The van der Waals surface area contributed by atoms with Crippen LogP contribution >= 0.6 is 11.6 Å². The molecule has 1 aromatic rings. The molecule has 0 aliphatic carbocycles. The van der Waals surface area contributed by atoms with Gasteiger partial charge in [0.25, 0.3) is 0 Å². The van der Waals surface area contributed by atoms with Gasteiger partial charge in [0, 0.05) is 25.0 Å². The van der Waals surface area contributed by atoms with Crippen molar-refractivity contribution in [3.05, 3.63) is 29.0 Å². The zero-order chi connectivity index (χ0) is 13.6. The molecule has 3 nitrogen and oxygen atoms in total. The van der Waals surface area contributed by atoms with Crippen LogP contribution in [-0.4, -0.2) is 28.6 Å². The number of benzene rings is 1. The van der Waals surface area contributed by atoms with E-state index in [0.29, 0.717) is 25.0 Å². The molecule has 1 rings (SSSR count). The van der Waals surface area contributed by atoms with Gasteiger partial charge in [0.15, 0.2) is 0 Å².